The highest BCUT2D eigenvalue weighted by Crippen LogP contribution is 2.37. The van der Waals surface area contributed by atoms with Crippen molar-refractivity contribution in [2.75, 3.05) is 13.7 Å². The van der Waals surface area contributed by atoms with Gasteiger partial charge in [0.05, 0.1) is 19.1 Å². The highest BCUT2D eigenvalue weighted by Gasteiger charge is 2.42. The smallest absolute Gasteiger partial charge is 0.380 e. The molecule has 2 unspecified atom stereocenters. The fourth-order valence-electron chi connectivity index (χ4n) is 3.29. The Balaban J connectivity index is 2.03. The number of benzene rings is 1. The van der Waals surface area contributed by atoms with Crippen molar-refractivity contribution < 1.29 is 22.3 Å². The van der Waals surface area contributed by atoms with Crippen molar-refractivity contribution in [3.8, 4) is 0 Å². The maximum Gasteiger partial charge on any atom is 0.391 e. The molecule has 1 aliphatic rings. The van der Waals surface area contributed by atoms with Gasteiger partial charge in [-0.25, -0.2) is 9.38 Å². The lowest BCUT2D eigenvalue weighted by Crippen LogP contribution is -2.46. The first kappa shape index (κ1) is 21.5. The van der Waals surface area contributed by atoms with Crippen LogP contribution in [-0.2, 0) is 17.9 Å². The third-order valence-corrected chi connectivity index (χ3v) is 4.65. The number of methoxy groups -OCH3 is 1. The summed E-state index contributed by atoms with van der Waals surface area (Å²) in [5.74, 6) is -1.13. The standard InChI is InChI=1S/C19H27F4N3O/c1-3-24-18(26-16-6-4-5-15(10-16)19(21,22)23)25-11-13-7-8-17(20)14(9-13)12-27-2/h7-9,15-16H,3-6,10-12H2,1-2H3,(H2,24,25,26). The van der Waals surface area contributed by atoms with Crippen molar-refractivity contribution in [1.29, 1.82) is 0 Å². The molecule has 1 aliphatic carbocycles. The molecule has 0 saturated heterocycles. The second-order valence-corrected chi connectivity index (χ2v) is 6.80. The number of guanidine groups is 1. The SMILES string of the molecule is CCNC(=NCc1ccc(F)c(COC)c1)NC1CCCC(C(F)(F)F)C1. The summed E-state index contributed by atoms with van der Waals surface area (Å²) in [5.41, 5.74) is 1.25. The number of hydrogen-bond acceptors (Lipinski definition) is 2. The van der Waals surface area contributed by atoms with E-state index >= 15 is 0 Å². The summed E-state index contributed by atoms with van der Waals surface area (Å²) in [6.45, 7) is 2.95. The van der Waals surface area contributed by atoms with Crippen molar-refractivity contribution in [1.82, 2.24) is 10.6 Å². The fraction of sp³-hybridized carbons (Fsp3) is 0.632. The Kier molecular flexibility index (Phi) is 7.89. The quantitative estimate of drug-likeness (QED) is 0.437. The Labute approximate surface area is 157 Å². The molecule has 2 N–H and O–H groups in total. The van der Waals surface area contributed by atoms with Crippen molar-refractivity contribution in [2.24, 2.45) is 10.9 Å². The van der Waals surface area contributed by atoms with Gasteiger partial charge < -0.3 is 15.4 Å². The van der Waals surface area contributed by atoms with Gasteiger partial charge in [0.15, 0.2) is 5.96 Å². The molecule has 1 aromatic rings. The van der Waals surface area contributed by atoms with E-state index in [-0.39, 0.29) is 31.3 Å². The summed E-state index contributed by atoms with van der Waals surface area (Å²) in [6.07, 6.45) is -2.68. The van der Waals surface area contributed by atoms with Gasteiger partial charge in [-0.15, -0.1) is 0 Å². The number of ether oxygens (including phenoxy) is 1. The molecular formula is C19H27F4N3O. The minimum Gasteiger partial charge on any atom is -0.380 e. The number of aliphatic imine (C=N–C) groups is 1. The second kappa shape index (κ2) is 9.92. The fourth-order valence-corrected chi connectivity index (χ4v) is 3.29. The highest BCUT2D eigenvalue weighted by atomic mass is 19.4. The van der Waals surface area contributed by atoms with Crippen molar-refractivity contribution >= 4 is 5.96 Å². The first-order valence-electron chi connectivity index (χ1n) is 9.21. The average Bonchev–Trinajstić information content (AvgIpc) is 2.62. The third kappa shape index (κ3) is 6.68. The van der Waals surface area contributed by atoms with E-state index in [9.17, 15) is 17.6 Å². The molecule has 0 amide bonds. The predicted molar refractivity (Wildman–Crippen MR) is 96.9 cm³/mol. The van der Waals surface area contributed by atoms with Crippen LogP contribution in [0.25, 0.3) is 0 Å². The van der Waals surface area contributed by atoms with Crippen LogP contribution in [0.1, 0.15) is 43.7 Å². The van der Waals surface area contributed by atoms with Crippen LogP contribution in [0.15, 0.2) is 23.2 Å². The average molecular weight is 389 g/mol. The molecule has 0 radical (unpaired) electrons. The van der Waals surface area contributed by atoms with Crippen LogP contribution in [0.5, 0.6) is 0 Å². The monoisotopic (exact) mass is 389 g/mol. The molecule has 2 rings (SSSR count). The zero-order valence-electron chi connectivity index (χ0n) is 15.7. The van der Waals surface area contributed by atoms with Crippen molar-refractivity contribution in [2.45, 2.75) is 58.0 Å². The summed E-state index contributed by atoms with van der Waals surface area (Å²) < 4.78 is 57.6. The van der Waals surface area contributed by atoms with Gasteiger partial charge in [-0.3, -0.25) is 0 Å². The zero-order chi connectivity index (χ0) is 19.9. The number of halogens is 4. The molecule has 0 aliphatic heterocycles. The summed E-state index contributed by atoms with van der Waals surface area (Å²) >= 11 is 0. The normalized spacial score (nSPS) is 21.2. The van der Waals surface area contributed by atoms with Gasteiger partial charge in [-0.1, -0.05) is 12.5 Å². The van der Waals surface area contributed by atoms with E-state index in [0.717, 1.165) is 5.56 Å². The second-order valence-electron chi connectivity index (χ2n) is 6.80. The number of hydrogen-bond donors (Lipinski definition) is 2. The lowest BCUT2D eigenvalue weighted by atomic mass is 9.85. The maximum atomic E-state index is 13.7. The van der Waals surface area contributed by atoms with E-state index < -0.39 is 12.1 Å². The summed E-state index contributed by atoms with van der Waals surface area (Å²) in [5, 5.41) is 6.18. The number of alkyl halides is 3. The minimum absolute atomic E-state index is 0.0580. The molecule has 152 valence electrons. The van der Waals surface area contributed by atoms with Gasteiger partial charge in [0.2, 0.25) is 0 Å². The third-order valence-electron chi connectivity index (χ3n) is 4.65. The lowest BCUT2D eigenvalue weighted by Gasteiger charge is -2.31. The molecule has 8 heteroatoms. The van der Waals surface area contributed by atoms with Crippen LogP contribution < -0.4 is 10.6 Å². The van der Waals surface area contributed by atoms with Gasteiger partial charge >= 0.3 is 6.18 Å². The van der Waals surface area contributed by atoms with Gasteiger partial charge in [0.25, 0.3) is 0 Å². The van der Waals surface area contributed by atoms with Gasteiger partial charge in [-0.05, 0) is 43.9 Å². The zero-order valence-corrected chi connectivity index (χ0v) is 15.7. The van der Waals surface area contributed by atoms with E-state index in [1.807, 2.05) is 6.92 Å². The van der Waals surface area contributed by atoms with E-state index in [2.05, 4.69) is 15.6 Å². The van der Waals surface area contributed by atoms with E-state index in [4.69, 9.17) is 4.74 Å². The Bertz CT molecular complexity index is 634. The predicted octanol–water partition coefficient (Wildman–Crippen LogP) is 4.15. The topological polar surface area (TPSA) is 45.7 Å². The molecule has 4 nitrogen and oxygen atoms in total. The highest BCUT2D eigenvalue weighted by molar-refractivity contribution is 5.80. The van der Waals surface area contributed by atoms with Crippen LogP contribution in [0.4, 0.5) is 17.6 Å². The number of rotatable bonds is 6. The Morgan fingerprint density at radius 1 is 1.30 bits per heavy atom. The Morgan fingerprint density at radius 3 is 2.74 bits per heavy atom. The minimum atomic E-state index is -4.15. The van der Waals surface area contributed by atoms with Gasteiger partial charge in [0.1, 0.15) is 5.82 Å². The van der Waals surface area contributed by atoms with E-state index in [1.165, 1.54) is 13.2 Å². The molecule has 0 heterocycles. The van der Waals surface area contributed by atoms with Gasteiger partial charge in [0, 0.05) is 25.3 Å². The molecule has 1 saturated carbocycles. The summed E-state index contributed by atoms with van der Waals surface area (Å²) in [4.78, 5) is 4.45. The molecule has 27 heavy (non-hydrogen) atoms. The Hall–Kier alpha value is -1.83. The van der Waals surface area contributed by atoms with Crippen LogP contribution in [-0.4, -0.2) is 31.8 Å². The molecule has 1 fully saturated rings. The molecule has 2 atom stereocenters. The van der Waals surface area contributed by atoms with Crippen molar-refractivity contribution in [3.63, 3.8) is 0 Å². The maximum absolute atomic E-state index is 13.7. The number of nitrogens with one attached hydrogen (secondary N) is 2. The van der Waals surface area contributed by atoms with Gasteiger partial charge in [-0.2, -0.15) is 13.2 Å². The molecule has 1 aromatic carbocycles. The van der Waals surface area contributed by atoms with E-state index in [0.29, 0.717) is 37.5 Å². The first-order valence-corrected chi connectivity index (χ1v) is 9.21. The Morgan fingerprint density at radius 2 is 2.07 bits per heavy atom. The lowest BCUT2D eigenvalue weighted by molar-refractivity contribution is -0.183. The van der Waals surface area contributed by atoms with Crippen molar-refractivity contribution in [3.05, 3.63) is 35.1 Å². The number of nitrogens with zero attached hydrogens (tertiary/aromatic N) is 1. The summed E-state index contributed by atoms with van der Waals surface area (Å²) in [6, 6.07) is 4.43. The molecule has 0 bridgehead atoms. The van der Waals surface area contributed by atoms with Crippen LogP contribution in [0, 0.1) is 11.7 Å². The van der Waals surface area contributed by atoms with E-state index in [1.54, 1.807) is 12.1 Å². The summed E-state index contributed by atoms with van der Waals surface area (Å²) in [7, 11) is 1.50. The molecule has 0 aromatic heterocycles. The first-order chi connectivity index (χ1) is 12.8. The molecular weight excluding hydrogens is 362 g/mol. The largest absolute Gasteiger partial charge is 0.391 e. The van der Waals surface area contributed by atoms with Crippen LogP contribution in [0.2, 0.25) is 0 Å². The molecule has 0 spiro atoms. The van der Waals surface area contributed by atoms with Crippen LogP contribution >= 0.6 is 0 Å². The van der Waals surface area contributed by atoms with Crippen LogP contribution in [0.3, 0.4) is 0 Å².